The first kappa shape index (κ1) is 17.2. The van der Waals surface area contributed by atoms with Gasteiger partial charge in [-0.25, -0.2) is 4.98 Å². The third kappa shape index (κ3) is 4.28. The fraction of sp³-hybridized carbons (Fsp3) is 0.200. The van der Waals surface area contributed by atoms with Crippen molar-refractivity contribution >= 4 is 17.5 Å². The molecule has 2 aromatic carbocycles. The minimum absolute atomic E-state index is 0.0164. The van der Waals surface area contributed by atoms with Crippen molar-refractivity contribution < 1.29 is 4.79 Å². The Bertz CT molecular complexity index is 871. The topological polar surface area (TPSA) is 38.1 Å². The fourth-order valence-electron chi connectivity index (χ4n) is 2.67. The van der Waals surface area contributed by atoms with E-state index in [1.807, 2.05) is 66.2 Å². The first-order chi connectivity index (χ1) is 12.0. The predicted molar refractivity (Wildman–Crippen MR) is 99.8 cm³/mol. The number of aromatic nitrogens is 2. The van der Waals surface area contributed by atoms with Gasteiger partial charge in [0.2, 0.25) is 0 Å². The van der Waals surface area contributed by atoms with Crippen LogP contribution in [0.5, 0.6) is 0 Å². The molecule has 0 bridgehead atoms. The second-order valence-corrected chi connectivity index (χ2v) is 6.56. The molecule has 0 saturated heterocycles. The maximum Gasteiger partial charge on any atom is 0.253 e. The zero-order chi connectivity index (χ0) is 17.8. The van der Waals surface area contributed by atoms with Gasteiger partial charge in [-0.3, -0.25) is 4.79 Å². The number of hydrogen-bond acceptors (Lipinski definition) is 2. The maximum atomic E-state index is 12.6. The highest BCUT2D eigenvalue weighted by Gasteiger charge is 2.14. The van der Waals surface area contributed by atoms with E-state index in [-0.39, 0.29) is 5.91 Å². The van der Waals surface area contributed by atoms with E-state index in [1.54, 1.807) is 18.1 Å². The molecule has 3 aromatic rings. The standard InChI is InChI=1S/C20H20ClN3O/c1-15-6-8-17(9-7-15)20(25)23(2)14-19-22-10-11-24(19)13-16-4-3-5-18(21)12-16/h3-12H,13-14H2,1-2H3. The lowest BCUT2D eigenvalue weighted by atomic mass is 10.1. The number of benzene rings is 2. The smallest absolute Gasteiger partial charge is 0.253 e. The van der Waals surface area contributed by atoms with Crippen molar-refractivity contribution in [3.8, 4) is 0 Å². The molecular formula is C20H20ClN3O. The lowest BCUT2D eigenvalue weighted by Gasteiger charge is -2.18. The monoisotopic (exact) mass is 353 g/mol. The minimum Gasteiger partial charge on any atom is -0.334 e. The van der Waals surface area contributed by atoms with E-state index < -0.39 is 0 Å². The lowest BCUT2D eigenvalue weighted by Crippen LogP contribution is -2.27. The van der Waals surface area contributed by atoms with Crippen molar-refractivity contribution in [3.63, 3.8) is 0 Å². The summed E-state index contributed by atoms with van der Waals surface area (Å²) in [6.07, 6.45) is 3.67. The van der Waals surface area contributed by atoms with E-state index in [2.05, 4.69) is 4.98 Å². The number of nitrogens with zero attached hydrogens (tertiary/aromatic N) is 3. The van der Waals surface area contributed by atoms with Crippen LogP contribution in [0.2, 0.25) is 5.02 Å². The molecule has 5 heteroatoms. The van der Waals surface area contributed by atoms with Crippen molar-refractivity contribution in [1.29, 1.82) is 0 Å². The van der Waals surface area contributed by atoms with Gasteiger partial charge in [-0.05, 0) is 36.8 Å². The molecule has 0 aliphatic heterocycles. The number of hydrogen-bond donors (Lipinski definition) is 0. The Morgan fingerprint density at radius 2 is 1.96 bits per heavy atom. The summed E-state index contributed by atoms with van der Waals surface area (Å²) in [5.74, 6) is 0.820. The zero-order valence-corrected chi connectivity index (χ0v) is 15.1. The summed E-state index contributed by atoms with van der Waals surface area (Å²) >= 11 is 6.05. The summed E-state index contributed by atoms with van der Waals surface area (Å²) in [4.78, 5) is 18.7. The van der Waals surface area contributed by atoms with Crippen LogP contribution in [0.15, 0.2) is 60.9 Å². The molecule has 0 radical (unpaired) electrons. The van der Waals surface area contributed by atoms with Gasteiger partial charge in [0.1, 0.15) is 5.82 Å². The van der Waals surface area contributed by atoms with E-state index in [9.17, 15) is 4.79 Å². The maximum absolute atomic E-state index is 12.6. The van der Waals surface area contributed by atoms with Crippen LogP contribution in [0.1, 0.15) is 27.3 Å². The van der Waals surface area contributed by atoms with Crippen LogP contribution in [-0.2, 0) is 13.1 Å². The number of halogens is 1. The first-order valence-corrected chi connectivity index (χ1v) is 8.47. The van der Waals surface area contributed by atoms with Crippen LogP contribution in [0, 0.1) is 6.92 Å². The quantitative estimate of drug-likeness (QED) is 0.690. The number of aryl methyl sites for hydroxylation is 1. The second kappa shape index (κ2) is 7.53. The van der Waals surface area contributed by atoms with Crippen molar-refractivity contribution in [3.05, 3.63) is 88.5 Å². The molecule has 0 unspecified atom stereocenters. The summed E-state index contributed by atoms with van der Waals surface area (Å²) in [6, 6.07) is 15.3. The molecule has 0 atom stereocenters. The Kier molecular flexibility index (Phi) is 5.19. The average Bonchev–Trinajstić information content (AvgIpc) is 3.01. The summed E-state index contributed by atoms with van der Waals surface area (Å²) < 4.78 is 2.03. The number of carbonyl (C=O) groups excluding carboxylic acids is 1. The second-order valence-electron chi connectivity index (χ2n) is 6.13. The van der Waals surface area contributed by atoms with E-state index in [0.29, 0.717) is 23.7 Å². The Morgan fingerprint density at radius 3 is 2.68 bits per heavy atom. The van der Waals surface area contributed by atoms with Gasteiger partial charge in [0.25, 0.3) is 5.91 Å². The van der Waals surface area contributed by atoms with Gasteiger partial charge in [0, 0.05) is 36.6 Å². The fourth-order valence-corrected chi connectivity index (χ4v) is 2.88. The molecule has 1 heterocycles. The van der Waals surface area contributed by atoms with E-state index in [4.69, 9.17) is 11.6 Å². The minimum atomic E-state index is -0.0164. The number of amides is 1. The lowest BCUT2D eigenvalue weighted by molar-refractivity contribution is 0.0780. The highest BCUT2D eigenvalue weighted by Crippen LogP contribution is 2.14. The highest BCUT2D eigenvalue weighted by molar-refractivity contribution is 6.30. The first-order valence-electron chi connectivity index (χ1n) is 8.09. The summed E-state index contributed by atoms with van der Waals surface area (Å²) in [6.45, 7) is 3.12. The molecule has 0 aliphatic carbocycles. The summed E-state index contributed by atoms with van der Waals surface area (Å²) in [5, 5.41) is 0.714. The van der Waals surface area contributed by atoms with Crippen LogP contribution in [-0.4, -0.2) is 27.4 Å². The van der Waals surface area contributed by atoms with Crippen molar-refractivity contribution in [2.24, 2.45) is 0 Å². The SMILES string of the molecule is Cc1ccc(C(=O)N(C)Cc2nccn2Cc2cccc(Cl)c2)cc1. The van der Waals surface area contributed by atoms with Gasteiger partial charge in [0.15, 0.2) is 0 Å². The van der Waals surface area contributed by atoms with Gasteiger partial charge in [-0.1, -0.05) is 41.4 Å². The molecule has 25 heavy (non-hydrogen) atoms. The van der Waals surface area contributed by atoms with Crippen LogP contribution >= 0.6 is 11.6 Å². The molecule has 0 fully saturated rings. The van der Waals surface area contributed by atoms with Crippen LogP contribution in [0.4, 0.5) is 0 Å². The Morgan fingerprint density at radius 1 is 1.20 bits per heavy atom. The normalized spacial score (nSPS) is 10.7. The zero-order valence-electron chi connectivity index (χ0n) is 14.3. The Hall–Kier alpha value is -2.59. The molecule has 3 rings (SSSR count). The van der Waals surface area contributed by atoms with E-state index in [0.717, 1.165) is 17.0 Å². The van der Waals surface area contributed by atoms with Gasteiger partial charge in [0.05, 0.1) is 6.54 Å². The van der Waals surface area contributed by atoms with Crippen LogP contribution in [0.25, 0.3) is 0 Å². The average molecular weight is 354 g/mol. The number of imidazole rings is 1. The molecule has 1 amide bonds. The van der Waals surface area contributed by atoms with Crippen molar-refractivity contribution in [2.45, 2.75) is 20.0 Å². The molecular weight excluding hydrogens is 334 g/mol. The molecule has 128 valence electrons. The molecule has 1 aromatic heterocycles. The Balaban J connectivity index is 1.72. The van der Waals surface area contributed by atoms with Gasteiger partial charge < -0.3 is 9.47 Å². The van der Waals surface area contributed by atoms with E-state index in [1.165, 1.54) is 0 Å². The van der Waals surface area contributed by atoms with E-state index >= 15 is 0 Å². The Labute approximate surface area is 152 Å². The highest BCUT2D eigenvalue weighted by atomic mass is 35.5. The summed E-state index contributed by atoms with van der Waals surface area (Å²) in [7, 11) is 1.79. The van der Waals surface area contributed by atoms with Gasteiger partial charge in [-0.2, -0.15) is 0 Å². The molecule has 0 aliphatic rings. The summed E-state index contributed by atoms with van der Waals surface area (Å²) in [5.41, 5.74) is 2.91. The van der Waals surface area contributed by atoms with Gasteiger partial charge >= 0.3 is 0 Å². The largest absolute Gasteiger partial charge is 0.334 e. The molecule has 0 saturated carbocycles. The third-order valence-electron chi connectivity index (χ3n) is 4.07. The van der Waals surface area contributed by atoms with Gasteiger partial charge in [-0.15, -0.1) is 0 Å². The number of rotatable bonds is 5. The molecule has 0 N–H and O–H groups in total. The molecule has 0 spiro atoms. The van der Waals surface area contributed by atoms with Crippen LogP contribution < -0.4 is 0 Å². The number of carbonyl (C=O) groups is 1. The van der Waals surface area contributed by atoms with Crippen LogP contribution in [0.3, 0.4) is 0 Å². The third-order valence-corrected chi connectivity index (χ3v) is 4.30. The van der Waals surface area contributed by atoms with Crippen molar-refractivity contribution in [2.75, 3.05) is 7.05 Å². The molecule has 4 nitrogen and oxygen atoms in total. The predicted octanol–water partition coefficient (Wildman–Crippen LogP) is 4.17. The van der Waals surface area contributed by atoms with Crippen molar-refractivity contribution in [1.82, 2.24) is 14.5 Å².